The molecular formula is C76H82F44O30. The number of halogens is 44. The minimum absolute atomic E-state index is 0.236. The second-order valence-corrected chi connectivity index (χ2v) is 29.8. The van der Waals surface area contributed by atoms with Crippen molar-refractivity contribution in [3.63, 3.8) is 0 Å². The van der Waals surface area contributed by atoms with Crippen molar-refractivity contribution in [2.45, 2.75) is 299 Å². The van der Waals surface area contributed by atoms with Crippen LogP contribution in [0.5, 0.6) is 5.75 Å². The highest BCUT2D eigenvalue weighted by Crippen LogP contribution is 2.42. The van der Waals surface area contributed by atoms with E-state index in [-0.39, 0.29) is 32.3 Å². The zero-order valence-electron chi connectivity index (χ0n) is 77.8. The van der Waals surface area contributed by atoms with Crippen molar-refractivity contribution in [3.05, 3.63) is 29.1 Å². The third kappa shape index (κ3) is 55.8. The van der Waals surface area contributed by atoms with Crippen molar-refractivity contribution < 1.29 is 336 Å². The molecule has 74 heteroatoms. The fraction of sp³-hybridized carbons (Fsp3) is 0.724. The number of benzene rings is 1. The molecule has 0 bridgehead atoms. The van der Waals surface area contributed by atoms with E-state index in [9.17, 15) is 265 Å². The van der Waals surface area contributed by atoms with E-state index < -0.39 is 347 Å². The van der Waals surface area contributed by atoms with Gasteiger partial charge in [0.25, 0.3) is 30.5 Å². The van der Waals surface area contributed by atoms with E-state index >= 15 is 0 Å². The highest BCUT2D eigenvalue weighted by atomic mass is 19.5. The van der Waals surface area contributed by atoms with E-state index in [4.69, 9.17) is 0 Å². The summed E-state index contributed by atoms with van der Waals surface area (Å²) in [6.45, 7) is 3.71. The Morgan fingerprint density at radius 2 is 0.520 bits per heavy atom. The lowest BCUT2D eigenvalue weighted by Gasteiger charge is -2.26. The molecule has 0 N–H and O–H groups in total. The Bertz CT molecular complexity index is 4490. The molecule has 1 rings (SSSR count). The Hall–Kier alpha value is -11.8. The van der Waals surface area contributed by atoms with E-state index in [0.29, 0.717) is 13.8 Å². The smallest absolute Gasteiger partial charge is 0.434 e. The van der Waals surface area contributed by atoms with Gasteiger partial charge >= 0.3 is 157 Å². The van der Waals surface area contributed by atoms with E-state index in [0.717, 1.165) is 41.5 Å². The standard InChI is InChI=1S/C17H17F13O6.C13H15F7O6.C13H10F6O4.C12H16F4O6.C11H13F7O4.C10H11F7O4/c1-3-13(2,18)12(33)34-5-4-7(9(32)36-11(16(25,26)27)17(28,29)30)6-8(31)35-10(14(19,20)21)15(22,23)24;1-3-11(2,14)10(23)26-7(9(22)25-6-13(18,19)20)4-8(21)24-5-12(15,16)17;1-3-13(2,19)12(21)22-4-5(20)23-11-9(17)7(15)6(14)8(16)10(11)18;1-4-11(3,13)10(19)22-7(8(17)20-5-2)9(18)21-6-12(14,15)16;1-4-9(3,12)8(20)21-5(2)6(19)22-7(10(13,14)15)11(16,17)18;1-3-8(2,11)7(19)20-4-5(18)21-6(9(12,13)14)10(15,16)17/h7,10-11H,3-6H2,1-2H3;7H,3-6H2,1-2H3;3-4H2,1-2H3;7H,4-6H2,1-3H3;5,7H,4H2,1-3H3;6H,3-4H2,1-2H3. The molecule has 10 unspecified atom stereocenters. The van der Waals surface area contributed by atoms with Gasteiger partial charge in [0, 0.05) is 0 Å². The molecule has 1 aromatic rings. The average molecular weight is 2310 g/mol. The van der Waals surface area contributed by atoms with E-state index in [1.165, 1.54) is 41.5 Å². The molecule has 150 heavy (non-hydrogen) atoms. The number of alkyl halides is 39. The maximum absolute atomic E-state index is 13.8. The molecule has 0 aromatic heterocycles. The van der Waals surface area contributed by atoms with Gasteiger partial charge in [-0.3, -0.25) is 14.4 Å². The minimum atomic E-state index is -6.26. The van der Waals surface area contributed by atoms with Crippen molar-refractivity contribution >= 4 is 89.5 Å². The first-order valence-corrected chi connectivity index (χ1v) is 39.9. The first-order valence-electron chi connectivity index (χ1n) is 39.9. The van der Waals surface area contributed by atoms with Crippen LogP contribution < -0.4 is 4.74 Å². The van der Waals surface area contributed by atoms with Crippen LogP contribution in [-0.2, 0) is 138 Å². The van der Waals surface area contributed by atoms with E-state index in [1.54, 1.807) is 0 Å². The Kier molecular flexibility index (Phi) is 57.4. The normalized spacial score (nSPS) is 15.5. The zero-order chi connectivity index (χ0) is 120. The van der Waals surface area contributed by atoms with Crippen molar-refractivity contribution in [1.29, 1.82) is 0 Å². The third-order valence-corrected chi connectivity index (χ3v) is 16.9. The molecule has 874 valence electrons. The second kappa shape index (κ2) is 58.7. The molecule has 1 aromatic carbocycles. The monoisotopic (exact) mass is 2310 g/mol. The maximum atomic E-state index is 13.8. The van der Waals surface area contributed by atoms with Crippen LogP contribution in [0.4, 0.5) is 193 Å². The van der Waals surface area contributed by atoms with Crippen LogP contribution in [0.15, 0.2) is 0 Å². The molecular weight excluding hydrogens is 2230 g/mol. The van der Waals surface area contributed by atoms with Gasteiger partial charge in [-0.2, -0.15) is 154 Å². The van der Waals surface area contributed by atoms with Crippen LogP contribution >= 0.6 is 0 Å². The van der Waals surface area contributed by atoms with Crippen LogP contribution in [0, 0.1) is 35.0 Å². The van der Waals surface area contributed by atoms with Gasteiger partial charge in [0.05, 0.1) is 32.0 Å². The number of ether oxygens (including phenoxy) is 15. The predicted octanol–water partition coefficient (Wildman–Crippen LogP) is 18.2. The summed E-state index contributed by atoms with van der Waals surface area (Å²) in [4.78, 5) is 171. The number of esters is 15. The lowest BCUT2D eigenvalue weighted by molar-refractivity contribution is -0.316. The van der Waals surface area contributed by atoms with Crippen LogP contribution in [0.3, 0.4) is 0 Å². The largest absolute Gasteiger partial charge is 0.463 e. The third-order valence-electron chi connectivity index (χ3n) is 16.9. The Labute approximate surface area is 810 Å². The molecule has 0 heterocycles. The SMILES string of the molecule is CCC(C)(F)C(=O)OC(C)C(=O)OC(C(F)(F)F)C(F)(F)F.CCC(C)(F)C(=O)OC(CC(=O)OCC(F)(F)F)C(=O)OCC(F)(F)F.CCC(C)(F)C(=O)OCC(=O)OC(C(F)(F)F)C(F)(F)F.CCC(C)(F)C(=O)OCC(=O)Oc1c(F)c(F)c(F)c(F)c1F.CCC(C)(F)C(=O)OCCC(CC(=O)OC(C(F)(F)F)C(F)(F)F)C(=O)OC(C(F)(F)F)C(F)(F)F.CCOC(=O)C(OC(=O)C(C)(F)CC)C(=O)OCC(F)(F)F. The molecule has 0 radical (unpaired) electrons. The van der Waals surface area contributed by atoms with Gasteiger partial charge in [-0.25, -0.2) is 97.0 Å². The zero-order valence-corrected chi connectivity index (χ0v) is 77.8. The molecule has 10 atom stereocenters. The maximum Gasteiger partial charge on any atom is 0.434 e. The van der Waals surface area contributed by atoms with E-state index in [1.807, 2.05) is 0 Å². The Balaban J connectivity index is -0.000000567. The summed E-state index contributed by atoms with van der Waals surface area (Å²) >= 11 is 0. The molecule has 0 fully saturated rings. The summed E-state index contributed by atoms with van der Waals surface area (Å²) < 4.78 is 609. The van der Waals surface area contributed by atoms with Crippen LogP contribution in [-0.4, -0.2) is 280 Å². The highest BCUT2D eigenvalue weighted by Gasteiger charge is 2.64. The number of hydrogen-bond donors (Lipinski definition) is 0. The van der Waals surface area contributed by atoms with Crippen molar-refractivity contribution in [2.75, 3.05) is 46.2 Å². The molecule has 0 aliphatic rings. The molecule has 0 aliphatic carbocycles. The summed E-state index contributed by atoms with van der Waals surface area (Å²) in [7, 11) is 0. The average Bonchev–Trinajstić information content (AvgIpc) is 0.792. The first-order chi connectivity index (χ1) is 66.7. The Morgan fingerprint density at radius 3 is 0.840 bits per heavy atom. The minimum Gasteiger partial charge on any atom is -0.463 e. The fourth-order valence-electron chi connectivity index (χ4n) is 7.47. The molecule has 0 saturated heterocycles. The lowest BCUT2D eigenvalue weighted by atomic mass is 10.0. The van der Waals surface area contributed by atoms with Gasteiger partial charge in [-0.1, -0.05) is 41.5 Å². The van der Waals surface area contributed by atoms with Crippen LogP contribution in [0.25, 0.3) is 0 Å². The number of rotatable bonds is 40. The van der Waals surface area contributed by atoms with Gasteiger partial charge < -0.3 is 71.1 Å². The molecule has 30 nitrogen and oxygen atoms in total. The van der Waals surface area contributed by atoms with Crippen LogP contribution in [0.2, 0.25) is 0 Å². The summed E-state index contributed by atoms with van der Waals surface area (Å²) in [5.41, 5.74) is -15.3. The van der Waals surface area contributed by atoms with Gasteiger partial charge in [-0.15, -0.1) is 0 Å². The molecule has 0 saturated carbocycles. The Morgan fingerprint density at radius 1 is 0.253 bits per heavy atom. The molecule has 0 amide bonds. The first kappa shape index (κ1) is 147. The van der Waals surface area contributed by atoms with Crippen molar-refractivity contribution in [3.8, 4) is 5.75 Å². The molecule has 0 spiro atoms. The number of hydrogen-bond acceptors (Lipinski definition) is 30. The molecule has 0 aliphatic heterocycles. The number of carbonyl (C=O) groups is 15. The van der Waals surface area contributed by atoms with E-state index in [2.05, 4.69) is 71.1 Å². The fourth-order valence-corrected chi connectivity index (χ4v) is 7.47. The van der Waals surface area contributed by atoms with Gasteiger partial charge in [0.2, 0.25) is 75.0 Å². The van der Waals surface area contributed by atoms with Crippen molar-refractivity contribution in [1.82, 2.24) is 0 Å². The summed E-state index contributed by atoms with van der Waals surface area (Å²) in [5.74, 6) is -43.7. The lowest BCUT2D eigenvalue weighted by Crippen LogP contribution is -2.47. The summed E-state index contributed by atoms with van der Waals surface area (Å²) in [5, 5.41) is 0. The summed E-state index contributed by atoms with van der Waals surface area (Å²) in [6, 6.07) is 0. The van der Waals surface area contributed by atoms with Gasteiger partial charge in [-0.05, 0) is 100 Å². The van der Waals surface area contributed by atoms with Gasteiger partial charge in [0.1, 0.15) is 0 Å². The predicted molar refractivity (Wildman–Crippen MR) is 392 cm³/mol. The highest BCUT2D eigenvalue weighted by molar-refractivity contribution is 6.00. The quantitative estimate of drug-likeness (QED) is 0.0112. The second-order valence-electron chi connectivity index (χ2n) is 29.8. The van der Waals surface area contributed by atoms with Crippen molar-refractivity contribution in [2.24, 2.45) is 5.92 Å². The van der Waals surface area contributed by atoms with Gasteiger partial charge in [0.15, 0.2) is 39.1 Å². The summed E-state index contributed by atoms with van der Waals surface area (Å²) in [6.07, 6.45) is -95.4. The number of carbonyl (C=O) groups excluding carboxylic acids is 15. The van der Waals surface area contributed by atoms with Crippen LogP contribution in [0.1, 0.15) is 155 Å². The topological polar surface area (TPSA) is 394 Å².